The molecule has 0 fully saturated rings. The van der Waals surface area contributed by atoms with Crippen LogP contribution < -0.4 is 19.9 Å². The Balaban J connectivity index is 1.29. The van der Waals surface area contributed by atoms with Gasteiger partial charge in [-0.1, -0.05) is 6.07 Å². The highest BCUT2D eigenvalue weighted by Crippen LogP contribution is 2.41. The highest BCUT2D eigenvalue weighted by molar-refractivity contribution is 6.13. The number of aryl methyl sites for hydroxylation is 1. The van der Waals surface area contributed by atoms with Gasteiger partial charge in [0.2, 0.25) is 11.8 Å². The lowest BCUT2D eigenvalue weighted by atomic mass is 10.0. The van der Waals surface area contributed by atoms with Crippen LogP contribution in [0.2, 0.25) is 0 Å². The van der Waals surface area contributed by atoms with Crippen molar-refractivity contribution in [2.45, 2.75) is 32.5 Å². The molecule has 5 heterocycles. The number of hydrogen-bond donors (Lipinski definition) is 2. The molecule has 0 saturated carbocycles. The van der Waals surface area contributed by atoms with Gasteiger partial charge in [0.25, 0.3) is 5.91 Å². The maximum atomic E-state index is 12.9. The number of likely N-dealkylation sites (N-methyl/N-ethyl adjacent to an activating group) is 1. The lowest BCUT2D eigenvalue weighted by Gasteiger charge is -2.39. The number of carbonyl (C=O) groups is 1. The molecule has 37 heavy (non-hydrogen) atoms. The van der Waals surface area contributed by atoms with E-state index in [9.17, 15) is 23.1 Å². The van der Waals surface area contributed by atoms with Crippen LogP contribution >= 0.6 is 0 Å². The summed E-state index contributed by atoms with van der Waals surface area (Å²) in [6.45, 7) is 2.33. The molecular formula is C24H22F3N7O3. The van der Waals surface area contributed by atoms with Crippen LogP contribution in [-0.4, -0.2) is 44.5 Å². The summed E-state index contributed by atoms with van der Waals surface area (Å²) in [5, 5.41) is 13.3. The van der Waals surface area contributed by atoms with Gasteiger partial charge in [0.05, 0.1) is 11.9 Å². The summed E-state index contributed by atoms with van der Waals surface area (Å²) in [5.74, 6) is 0.862. The number of ether oxygens (including phenoxy) is 1. The van der Waals surface area contributed by atoms with Crippen LogP contribution in [0.15, 0.2) is 48.1 Å². The first-order valence-electron chi connectivity index (χ1n) is 11.4. The van der Waals surface area contributed by atoms with Gasteiger partial charge < -0.3 is 25.0 Å². The van der Waals surface area contributed by atoms with Crippen molar-refractivity contribution >= 4 is 23.4 Å². The third-order valence-electron chi connectivity index (χ3n) is 5.94. The zero-order valence-corrected chi connectivity index (χ0v) is 19.9. The molecule has 0 radical (unpaired) electrons. The Morgan fingerprint density at radius 2 is 1.97 bits per heavy atom. The molecule has 2 aliphatic heterocycles. The minimum Gasteiger partial charge on any atom is -0.510 e. The highest BCUT2D eigenvalue weighted by Gasteiger charge is 2.39. The number of aliphatic hydroxyl groups excluding tert-OH is 1. The van der Waals surface area contributed by atoms with Crippen LogP contribution in [-0.2, 0) is 23.9 Å². The van der Waals surface area contributed by atoms with Crippen molar-refractivity contribution in [1.82, 2.24) is 19.9 Å². The minimum atomic E-state index is -4.52. The largest absolute Gasteiger partial charge is 0.510 e. The van der Waals surface area contributed by atoms with Gasteiger partial charge in [-0.25, -0.2) is 15.0 Å². The number of hydrogen-bond acceptors (Lipinski definition) is 9. The first-order chi connectivity index (χ1) is 17.6. The SMILES string of the molecule is C/C(O)=C1/C(=O)N2CCCc3nc(NCc4ccc(Oc5ccc(C(F)(F)F)nc5)nc4)nc(c32)N1C. The van der Waals surface area contributed by atoms with Crippen molar-refractivity contribution in [2.75, 3.05) is 28.7 Å². The van der Waals surface area contributed by atoms with E-state index < -0.39 is 11.9 Å². The first kappa shape index (κ1) is 24.3. The lowest BCUT2D eigenvalue weighted by Crippen LogP contribution is -2.46. The van der Waals surface area contributed by atoms with E-state index in [0.29, 0.717) is 37.0 Å². The van der Waals surface area contributed by atoms with Crippen molar-refractivity contribution in [3.63, 3.8) is 0 Å². The molecule has 3 aromatic heterocycles. The molecule has 10 nitrogen and oxygen atoms in total. The van der Waals surface area contributed by atoms with Crippen molar-refractivity contribution in [3.05, 3.63) is 65.1 Å². The van der Waals surface area contributed by atoms with Gasteiger partial charge in [0.15, 0.2) is 5.82 Å². The fourth-order valence-corrected chi connectivity index (χ4v) is 4.23. The predicted molar refractivity (Wildman–Crippen MR) is 127 cm³/mol. The van der Waals surface area contributed by atoms with Crippen LogP contribution in [0.1, 0.15) is 30.3 Å². The molecule has 0 unspecified atom stereocenters. The topological polar surface area (TPSA) is 117 Å². The Hall–Kier alpha value is -4.42. The number of carbonyl (C=O) groups excluding carboxylic acids is 1. The number of nitrogens with one attached hydrogen (secondary N) is 1. The molecular weight excluding hydrogens is 491 g/mol. The van der Waals surface area contributed by atoms with Crippen LogP contribution in [0.4, 0.5) is 30.6 Å². The molecule has 0 saturated heterocycles. The van der Waals surface area contributed by atoms with Gasteiger partial charge >= 0.3 is 6.18 Å². The zero-order valence-electron chi connectivity index (χ0n) is 19.9. The van der Waals surface area contributed by atoms with E-state index in [1.54, 1.807) is 35.2 Å². The number of aliphatic hydroxyl groups is 1. The van der Waals surface area contributed by atoms with Crippen molar-refractivity contribution in [1.29, 1.82) is 0 Å². The Kier molecular flexibility index (Phi) is 6.05. The van der Waals surface area contributed by atoms with Crippen LogP contribution in [0.5, 0.6) is 11.6 Å². The van der Waals surface area contributed by atoms with Crippen LogP contribution in [0, 0.1) is 0 Å². The first-order valence-corrected chi connectivity index (χ1v) is 11.4. The maximum absolute atomic E-state index is 12.9. The molecule has 192 valence electrons. The second-order valence-electron chi connectivity index (χ2n) is 8.56. The third-order valence-corrected chi connectivity index (χ3v) is 5.94. The van der Waals surface area contributed by atoms with Gasteiger partial charge in [-0.2, -0.15) is 18.2 Å². The standard InChI is InChI=1S/C24H22F3N7O3/c1-13(35)19-22(36)34-9-3-4-16-20(34)21(33(19)2)32-23(31-16)30-11-14-5-8-18(29-10-14)37-15-6-7-17(28-12-15)24(25,26)27/h5-8,10,12,35H,3-4,9,11H2,1-2H3,(H,30,31,32)/b19-13+. The minimum absolute atomic E-state index is 0.0844. The molecule has 0 bridgehead atoms. The number of aromatic nitrogens is 4. The van der Waals surface area contributed by atoms with Gasteiger partial charge in [-0.3, -0.25) is 4.79 Å². The molecule has 0 aromatic carbocycles. The summed E-state index contributed by atoms with van der Waals surface area (Å²) in [6.07, 6.45) is -0.528. The number of amides is 1. The summed E-state index contributed by atoms with van der Waals surface area (Å²) >= 11 is 0. The van der Waals surface area contributed by atoms with Gasteiger partial charge in [0, 0.05) is 32.4 Å². The van der Waals surface area contributed by atoms with E-state index in [2.05, 4.69) is 25.3 Å². The van der Waals surface area contributed by atoms with Gasteiger partial charge in [-0.05, 0) is 37.5 Å². The Morgan fingerprint density at radius 3 is 2.62 bits per heavy atom. The van der Waals surface area contributed by atoms with Crippen molar-refractivity contribution in [2.24, 2.45) is 0 Å². The monoisotopic (exact) mass is 513 g/mol. The van der Waals surface area contributed by atoms with E-state index in [0.717, 1.165) is 29.9 Å². The molecule has 13 heteroatoms. The molecule has 0 spiro atoms. The molecule has 3 aromatic rings. The fourth-order valence-electron chi connectivity index (χ4n) is 4.23. The van der Waals surface area contributed by atoms with Crippen molar-refractivity contribution < 1.29 is 27.8 Å². The molecule has 2 aliphatic rings. The number of nitrogens with zero attached hydrogens (tertiary/aromatic N) is 6. The average Bonchev–Trinajstić information content (AvgIpc) is 2.86. The van der Waals surface area contributed by atoms with Gasteiger partial charge in [-0.15, -0.1) is 0 Å². The normalized spacial score (nSPS) is 16.4. The molecule has 1 amide bonds. The number of pyridine rings is 2. The van der Waals surface area contributed by atoms with Gasteiger partial charge in [0.1, 0.15) is 28.6 Å². The number of rotatable bonds is 5. The summed E-state index contributed by atoms with van der Waals surface area (Å²) in [4.78, 5) is 32.8. The third kappa shape index (κ3) is 4.71. The number of halogens is 3. The Bertz CT molecular complexity index is 1370. The smallest absolute Gasteiger partial charge is 0.433 e. The number of anilines is 3. The van der Waals surface area contributed by atoms with Crippen molar-refractivity contribution in [3.8, 4) is 11.6 Å². The Morgan fingerprint density at radius 1 is 1.16 bits per heavy atom. The maximum Gasteiger partial charge on any atom is 0.433 e. The molecule has 0 aliphatic carbocycles. The predicted octanol–water partition coefficient (Wildman–Crippen LogP) is 4.21. The van der Waals surface area contributed by atoms with E-state index in [1.807, 2.05) is 0 Å². The zero-order chi connectivity index (χ0) is 26.3. The highest BCUT2D eigenvalue weighted by atomic mass is 19.4. The molecule has 5 rings (SSSR count). The van der Waals surface area contributed by atoms with Crippen LogP contribution in [0.3, 0.4) is 0 Å². The summed E-state index contributed by atoms with van der Waals surface area (Å²) < 4.78 is 43.4. The van der Waals surface area contributed by atoms with E-state index in [-0.39, 0.29) is 29.0 Å². The lowest BCUT2D eigenvalue weighted by molar-refractivity contribution is -0.141. The van der Waals surface area contributed by atoms with E-state index in [1.165, 1.54) is 13.0 Å². The molecule has 2 N–H and O–H groups in total. The molecule has 0 atom stereocenters. The second-order valence-corrected chi connectivity index (χ2v) is 8.56. The quantitative estimate of drug-likeness (QED) is 0.382. The summed E-state index contributed by atoms with van der Waals surface area (Å²) in [5.41, 5.74) is 1.37. The van der Waals surface area contributed by atoms with Crippen LogP contribution in [0.25, 0.3) is 0 Å². The summed E-state index contributed by atoms with van der Waals surface area (Å²) in [6, 6.07) is 5.35. The Labute approximate surface area is 209 Å². The fraction of sp³-hybridized carbons (Fsp3) is 0.292. The van der Waals surface area contributed by atoms with E-state index in [4.69, 9.17) is 4.74 Å². The summed E-state index contributed by atoms with van der Waals surface area (Å²) in [7, 11) is 1.68. The number of alkyl halides is 3. The number of allylic oxidation sites excluding steroid dienone is 1. The van der Waals surface area contributed by atoms with E-state index >= 15 is 0 Å². The second kappa shape index (κ2) is 9.22. The average molecular weight is 513 g/mol.